The fraction of sp³-hybridized carbons (Fsp3) is 0.583. The Morgan fingerprint density at radius 3 is 2.87 bits per heavy atom. The van der Waals surface area contributed by atoms with E-state index in [2.05, 4.69) is 18.8 Å². The molecule has 2 rings (SSSR count). The third-order valence-electron chi connectivity index (χ3n) is 2.54. The highest BCUT2D eigenvalue weighted by Crippen LogP contribution is 2.18. The van der Waals surface area contributed by atoms with Crippen molar-refractivity contribution >= 4 is 0 Å². The van der Waals surface area contributed by atoms with Gasteiger partial charge in [-0.3, -0.25) is 4.98 Å². The first-order valence-electron chi connectivity index (χ1n) is 5.46. The Labute approximate surface area is 90.4 Å². The van der Waals surface area contributed by atoms with Crippen LogP contribution < -0.4 is 4.74 Å². The number of aromatic nitrogens is 1. The maximum Gasteiger partial charge on any atom is 0.138 e. The highest BCUT2D eigenvalue weighted by Gasteiger charge is 2.17. The molecule has 1 saturated heterocycles. The molecular weight excluding hydrogens is 190 g/mol. The summed E-state index contributed by atoms with van der Waals surface area (Å²) in [5, 5.41) is 0. The van der Waals surface area contributed by atoms with Crippen molar-refractivity contribution in [3.63, 3.8) is 0 Å². The van der Waals surface area contributed by atoms with Crippen molar-refractivity contribution in [1.82, 2.24) is 4.98 Å². The van der Waals surface area contributed by atoms with Crippen LogP contribution in [0.3, 0.4) is 0 Å². The number of rotatable bonds is 3. The molecule has 0 radical (unpaired) electrons. The van der Waals surface area contributed by atoms with E-state index in [9.17, 15) is 0 Å². The van der Waals surface area contributed by atoms with Crippen molar-refractivity contribution < 1.29 is 9.47 Å². The molecule has 0 spiro atoms. The van der Waals surface area contributed by atoms with Gasteiger partial charge in [-0.15, -0.1) is 0 Å². The van der Waals surface area contributed by atoms with Crippen molar-refractivity contribution in [2.24, 2.45) is 0 Å². The molecule has 1 fully saturated rings. The number of hydrogen-bond acceptors (Lipinski definition) is 3. The van der Waals surface area contributed by atoms with Crippen molar-refractivity contribution in [3.05, 3.63) is 24.0 Å². The fourth-order valence-electron chi connectivity index (χ4n) is 1.60. The molecule has 1 atom stereocenters. The van der Waals surface area contributed by atoms with Crippen LogP contribution in [0.4, 0.5) is 0 Å². The Hall–Kier alpha value is -1.09. The molecule has 1 aromatic heterocycles. The maximum absolute atomic E-state index is 5.72. The van der Waals surface area contributed by atoms with Crippen LogP contribution in [0, 0.1) is 0 Å². The van der Waals surface area contributed by atoms with E-state index in [0.29, 0.717) is 12.5 Å². The van der Waals surface area contributed by atoms with Crippen LogP contribution >= 0.6 is 0 Å². The lowest BCUT2D eigenvalue weighted by atomic mass is 10.1. The van der Waals surface area contributed by atoms with Gasteiger partial charge in [0.25, 0.3) is 0 Å². The van der Waals surface area contributed by atoms with Crippen LogP contribution in [0.15, 0.2) is 18.3 Å². The molecule has 1 aliphatic heterocycles. The molecule has 82 valence electrons. The van der Waals surface area contributed by atoms with Crippen molar-refractivity contribution in [1.29, 1.82) is 0 Å². The van der Waals surface area contributed by atoms with E-state index >= 15 is 0 Å². The molecule has 0 aliphatic carbocycles. The minimum absolute atomic E-state index is 0.205. The zero-order valence-electron chi connectivity index (χ0n) is 9.27. The highest BCUT2D eigenvalue weighted by molar-refractivity contribution is 5.21. The predicted octanol–water partition coefficient (Wildman–Crippen LogP) is 2.37. The topological polar surface area (TPSA) is 31.4 Å². The van der Waals surface area contributed by atoms with Crippen LogP contribution in [-0.4, -0.2) is 24.3 Å². The van der Waals surface area contributed by atoms with Gasteiger partial charge in [0.2, 0.25) is 0 Å². The van der Waals surface area contributed by atoms with E-state index < -0.39 is 0 Å². The molecule has 1 aromatic rings. The quantitative estimate of drug-likeness (QED) is 0.762. The van der Waals surface area contributed by atoms with Crippen LogP contribution in [0.25, 0.3) is 0 Å². The van der Waals surface area contributed by atoms with Crippen LogP contribution in [0.5, 0.6) is 5.75 Å². The van der Waals surface area contributed by atoms with Gasteiger partial charge in [-0.25, -0.2) is 0 Å². The summed E-state index contributed by atoms with van der Waals surface area (Å²) in [5.41, 5.74) is 1.10. The zero-order chi connectivity index (χ0) is 10.7. The third kappa shape index (κ3) is 2.69. The summed E-state index contributed by atoms with van der Waals surface area (Å²) < 4.78 is 11.0. The molecule has 3 heteroatoms. The largest absolute Gasteiger partial charge is 0.486 e. The smallest absolute Gasteiger partial charge is 0.138 e. The lowest BCUT2D eigenvalue weighted by Crippen LogP contribution is -2.15. The van der Waals surface area contributed by atoms with Gasteiger partial charge in [0, 0.05) is 12.1 Å². The molecule has 0 N–H and O–H groups in total. The number of ether oxygens (including phenoxy) is 2. The van der Waals surface area contributed by atoms with E-state index in [1.54, 1.807) is 6.20 Å². The van der Waals surface area contributed by atoms with Gasteiger partial charge >= 0.3 is 0 Å². The first-order chi connectivity index (χ1) is 7.25. The Balaban J connectivity index is 1.97. The fourth-order valence-corrected chi connectivity index (χ4v) is 1.60. The second kappa shape index (κ2) is 4.62. The lowest BCUT2D eigenvalue weighted by Gasteiger charge is -2.12. The zero-order valence-corrected chi connectivity index (χ0v) is 9.27. The Morgan fingerprint density at radius 2 is 2.33 bits per heavy atom. The van der Waals surface area contributed by atoms with Gasteiger partial charge in [0.15, 0.2) is 0 Å². The standard InChI is InChI=1S/C12H17NO2/c1-9(2)12-4-3-10(7-13-12)15-11-5-6-14-8-11/h3-4,7,9,11H,5-6,8H2,1-2H3/t11-/m0/s1. The molecule has 0 unspecified atom stereocenters. The SMILES string of the molecule is CC(C)c1ccc(O[C@H]2CCOC2)cn1. The molecule has 0 amide bonds. The predicted molar refractivity (Wildman–Crippen MR) is 58.2 cm³/mol. The number of nitrogens with zero attached hydrogens (tertiary/aromatic N) is 1. The van der Waals surface area contributed by atoms with Crippen molar-refractivity contribution in [3.8, 4) is 5.75 Å². The van der Waals surface area contributed by atoms with Gasteiger partial charge in [-0.05, 0) is 18.1 Å². The van der Waals surface area contributed by atoms with E-state index in [1.807, 2.05) is 12.1 Å². The van der Waals surface area contributed by atoms with Crippen molar-refractivity contribution in [2.45, 2.75) is 32.3 Å². The minimum atomic E-state index is 0.205. The molecule has 15 heavy (non-hydrogen) atoms. The summed E-state index contributed by atoms with van der Waals surface area (Å²) >= 11 is 0. The first-order valence-corrected chi connectivity index (χ1v) is 5.46. The van der Waals surface area contributed by atoms with Gasteiger partial charge in [-0.1, -0.05) is 13.8 Å². The third-order valence-corrected chi connectivity index (χ3v) is 2.54. The summed E-state index contributed by atoms with van der Waals surface area (Å²) in [5.74, 6) is 1.31. The summed E-state index contributed by atoms with van der Waals surface area (Å²) in [6, 6.07) is 4.01. The molecular formula is C12H17NO2. The van der Waals surface area contributed by atoms with E-state index in [4.69, 9.17) is 9.47 Å². The summed E-state index contributed by atoms with van der Waals surface area (Å²) in [4.78, 5) is 4.35. The second-order valence-corrected chi connectivity index (χ2v) is 4.18. The first kappa shape index (κ1) is 10.4. The van der Waals surface area contributed by atoms with Crippen LogP contribution in [0.2, 0.25) is 0 Å². The molecule has 1 aliphatic rings. The van der Waals surface area contributed by atoms with Crippen LogP contribution in [-0.2, 0) is 4.74 Å². The van der Waals surface area contributed by atoms with E-state index in [1.165, 1.54) is 0 Å². The van der Waals surface area contributed by atoms with Crippen LogP contribution in [0.1, 0.15) is 31.9 Å². The van der Waals surface area contributed by atoms with E-state index in [0.717, 1.165) is 24.5 Å². The monoisotopic (exact) mass is 207 g/mol. The normalized spacial score (nSPS) is 20.9. The Kier molecular flexibility index (Phi) is 3.21. The Bertz CT molecular complexity index is 302. The molecule has 3 nitrogen and oxygen atoms in total. The second-order valence-electron chi connectivity index (χ2n) is 4.18. The molecule has 0 saturated carbocycles. The van der Waals surface area contributed by atoms with Gasteiger partial charge < -0.3 is 9.47 Å². The van der Waals surface area contributed by atoms with Gasteiger partial charge in [0.1, 0.15) is 11.9 Å². The Morgan fingerprint density at radius 1 is 1.47 bits per heavy atom. The lowest BCUT2D eigenvalue weighted by molar-refractivity contribution is 0.141. The number of pyridine rings is 1. The summed E-state index contributed by atoms with van der Waals surface area (Å²) in [7, 11) is 0. The number of hydrogen-bond donors (Lipinski definition) is 0. The highest BCUT2D eigenvalue weighted by atomic mass is 16.5. The molecule has 0 bridgehead atoms. The average molecular weight is 207 g/mol. The molecule has 0 aromatic carbocycles. The minimum Gasteiger partial charge on any atom is -0.486 e. The van der Waals surface area contributed by atoms with Gasteiger partial charge in [-0.2, -0.15) is 0 Å². The van der Waals surface area contributed by atoms with Gasteiger partial charge in [0.05, 0.1) is 19.4 Å². The van der Waals surface area contributed by atoms with E-state index in [-0.39, 0.29) is 6.10 Å². The average Bonchev–Trinajstić information content (AvgIpc) is 2.71. The summed E-state index contributed by atoms with van der Waals surface area (Å²) in [6.07, 6.45) is 2.98. The molecule has 2 heterocycles. The maximum atomic E-state index is 5.72. The van der Waals surface area contributed by atoms with Crippen molar-refractivity contribution in [2.75, 3.05) is 13.2 Å². The summed E-state index contributed by atoms with van der Waals surface area (Å²) in [6.45, 7) is 5.77.